The van der Waals surface area contributed by atoms with Gasteiger partial charge in [0.2, 0.25) is 5.91 Å². The number of allylic oxidation sites excluding steroid dienone is 5. The van der Waals surface area contributed by atoms with Gasteiger partial charge in [-0.15, -0.1) is 0 Å². The van der Waals surface area contributed by atoms with Crippen molar-refractivity contribution < 1.29 is 49.3 Å². The Bertz CT molecular complexity index is 1640. The summed E-state index contributed by atoms with van der Waals surface area (Å²) < 4.78 is 16.8. The maximum Gasteiger partial charge on any atom is 0.305 e. The Morgan fingerprint density at radius 3 is 1.09 bits per heavy atom. The van der Waals surface area contributed by atoms with E-state index in [0.717, 1.165) is 57.8 Å². The molecule has 1 amide bonds. The summed E-state index contributed by atoms with van der Waals surface area (Å²) in [7, 11) is 0. The van der Waals surface area contributed by atoms with Crippen molar-refractivity contribution in [2.75, 3.05) is 19.8 Å². The SMILES string of the molecule is CCCCCCCCCCCCCCC/C=C/C(O)C(COC1OC(CO)C(O)C(O)C1O)NC(=O)CCCCCCCCCCCCCCCCCCC/C=C\C/C=C\CCCCCCCCCCCCCCCCCOC(=O)CCCCCCCCCCCCC. The topological polar surface area (TPSA) is 175 Å². The average Bonchev–Trinajstić information content (AvgIpc) is 1.11. The zero-order valence-corrected chi connectivity index (χ0v) is 61.2. The lowest BCUT2D eigenvalue weighted by atomic mass is 9.99. The van der Waals surface area contributed by atoms with Gasteiger partial charge in [-0.3, -0.25) is 9.59 Å². The van der Waals surface area contributed by atoms with Crippen molar-refractivity contribution in [3.63, 3.8) is 0 Å². The van der Waals surface area contributed by atoms with Crippen molar-refractivity contribution in [1.82, 2.24) is 5.32 Å². The summed E-state index contributed by atoms with van der Waals surface area (Å²) in [6.07, 6.45) is 83.2. The fourth-order valence-corrected chi connectivity index (χ4v) is 13.1. The smallest absolute Gasteiger partial charge is 0.305 e. The van der Waals surface area contributed by atoms with Gasteiger partial charge in [0.15, 0.2) is 6.29 Å². The van der Waals surface area contributed by atoms with Crippen LogP contribution in [0.2, 0.25) is 0 Å². The van der Waals surface area contributed by atoms with Gasteiger partial charge < -0.3 is 45.1 Å². The fraction of sp³-hybridized carbons (Fsp3) is 0.902. The fourth-order valence-electron chi connectivity index (χ4n) is 13.1. The molecule has 0 saturated carbocycles. The Morgan fingerprint density at radius 2 is 0.720 bits per heavy atom. The Morgan fingerprint density at radius 1 is 0.398 bits per heavy atom. The number of hydrogen-bond acceptors (Lipinski definition) is 10. The molecule has 93 heavy (non-hydrogen) atoms. The minimum atomic E-state index is -1.57. The van der Waals surface area contributed by atoms with Crippen molar-refractivity contribution in [3.05, 3.63) is 36.5 Å². The van der Waals surface area contributed by atoms with Crippen molar-refractivity contribution >= 4 is 11.9 Å². The predicted octanol–water partition coefficient (Wildman–Crippen LogP) is 22.1. The summed E-state index contributed by atoms with van der Waals surface area (Å²) in [4.78, 5) is 25.1. The van der Waals surface area contributed by atoms with E-state index in [9.17, 15) is 35.1 Å². The molecule has 0 aromatic carbocycles. The Labute approximate surface area is 574 Å². The number of amides is 1. The molecular formula is C82H155NO10. The molecule has 11 nitrogen and oxygen atoms in total. The molecule has 0 bridgehead atoms. The maximum atomic E-state index is 13.1. The molecule has 548 valence electrons. The second-order valence-corrected chi connectivity index (χ2v) is 28.5. The lowest BCUT2D eigenvalue weighted by molar-refractivity contribution is -0.302. The van der Waals surface area contributed by atoms with Crippen LogP contribution < -0.4 is 5.32 Å². The number of ether oxygens (including phenoxy) is 3. The minimum absolute atomic E-state index is 0.0149. The van der Waals surface area contributed by atoms with Crippen LogP contribution in [-0.2, 0) is 23.8 Å². The molecule has 0 aromatic heterocycles. The number of esters is 1. The molecule has 7 atom stereocenters. The monoisotopic (exact) mass is 1310 g/mol. The highest BCUT2D eigenvalue weighted by molar-refractivity contribution is 5.76. The van der Waals surface area contributed by atoms with Crippen molar-refractivity contribution in [2.45, 2.75) is 455 Å². The van der Waals surface area contributed by atoms with Crippen LogP contribution in [-0.4, -0.2) is 100 Å². The second-order valence-electron chi connectivity index (χ2n) is 28.5. The van der Waals surface area contributed by atoms with Gasteiger partial charge in [0.1, 0.15) is 24.4 Å². The first-order chi connectivity index (χ1) is 45.7. The Kier molecular flexibility index (Phi) is 68.0. The number of unbranched alkanes of at least 4 members (excludes halogenated alkanes) is 55. The van der Waals surface area contributed by atoms with Gasteiger partial charge in [-0.25, -0.2) is 0 Å². The Balaban J connectivity index is 1.93. The number of hydrogen-bond donors (Lipinski definition) is 6. The Hall–Kier alpha value is -2.12. The van der Waals surface area contributed by atoms with Crippen molar-refractivity contribution in [2.24, 2.45) is 0 Å². The molecule has 7 unspecified atom stereocenters. The summed E-state index contributed by atoms with van der Waals surface area (Å²) in [6.45, 7) is 4.40. The molecule has 0 radical (unpaired) electrons. The zero-order valence-electron chi connectivity index (χ0n) is 61.2. The first kappa shape index (κ1) is 88.9. The third-order valence-electron chi connectivity index (χ3n) is 19.5. The molecule has 0 spiro atoms. The highest BCUT2D eigenvalue weighted by Gasteiger charge is 2.44. The molecule has 6 N–H and O–H groups in total. The number of aliphatic hydroxyl groups is 5. The van der Waals surface area contributed by atoms with Crippen LogP contribution in [0.1, 0.15) is 412 Å². The van der Waals surface area contributed by atoms with Crippen LogP contribution >= 0.6 is 0 Å². The summed E-state index contributed by atoms with van der Waals surface area (Å²) in [5.74, 6) is -0.160. The third kappa shape index (κ3) is 59.6. The van der Waals surface area contributed by atoms with Crippen LogP contribution in [0.15, 0.2) is 36.5 Å². The van der Waals surface area contributed by atoms with Crippen LogP contribution in [0.25, 0.3) is 0 Å². The number of nitrogens with one attached hydrogen (secondary N) is 1. The summed E-state index contributed by atoms with van der Waals surface area (Å²) in [6, 6.07) is -0.808. The summed E-state index contributed by atoms with van der Waals surface area (Å²) >= 11 is 0. The van der Waals surface area contributed by atoms with Gasteiger partial charge in [0.05, 0.1) is 32.0 Å². The van der Waals surface area contributed by atoms with E-state index in [1.807, 2.05) is 6.08 Å². The lowest BCUT2D eigenvalue weighted by Crippen LogP contribution is -2.60. The molecule has 0 aliphatic carbocycles. The maximum absolute atomic E-state index is 13.1. The second kappa shape index (κ2) is 71.2. The van der Waals surface area contributed by atoms with E-state index >= 15 is 0 Å². The van der Waals surface area contributed by atoms with E-state index in [4.69, 9.17) is 14.2 Å². The molecule has 1 rings (SSSR count). The standard InChI is InChI=1S/C82H155NO10/c1-3-5-7-9-11-13-15-16-42-45-49-52-56-60-64-68-75(85)74(73-92-82-81(90)80(89)79(88)76(72-84)93-82)83-77(86)69-65-61-57-53-50-46-43-40-38-36-34-32-30-28-26-24-22-20-18-17-19-21-23-25-27-29-31-33-35-37-39-41-44-47-51-55-59-63-67-71-91-78(87)70-66-62-58-54-48-14-12-10-8-6-4-2/h17-18,21,23,64,68,74-76,79-82,84-85,88-90H,3-16,19-20,22,24-63,65-67,69-73H2,1-2H3,(H,83,86)/b18-17-,23-21-,68-64+. The van der Waals surface area contributed by atoms with Gasteiger partial charge in [-0.1, -0.05) is 371 Å². The van der Waals surface area contributed by atoms with Crippen LogP contribution in [0.5, 0.6) is 0 Å². The molecule has 1 heterocycles. The number of carbonyl (C=O) groups excluding carboxylic acids is 2. The van der Waals surface area contributed by atoms with Crippen LogP contribution in [0.4, 0.5) is 0 Å². The summed E-state index contributed by atoms with van der Waals surface area (Å²) in [5, 5.41) is 54.7. The lowest BCUT2D eigenvalue weighted by Gasteiger charge is -2.40. The van der Waals surface area contributed by atoms with E-state index in [2.05, 4.69) is 43.5 Å². The first-order valence-electron chi connectivity index (χ1n) is 40.8. The van der Waals surface area contributed by atoms with E-state index in [1.165, 1.54) is 327 Å². The van der Waals surface area contributed by atoms with Gasteiger partial charge in [0, 0.05) is 12.8 Å². The van der Waals surface area contributed by atoms with Crippen molar-refractivity contribution in [3.8, 4) is 0 Å². The minimum Gasteiger partial charge on any atom is -0.466 e. The van der Waals surface area contributed by atoms with Gasteiger partial charge in [-0.2, -0.15) is 0 Å². The zero-order chi connectivity index (χ0) is 67.2. The number of aliphatic hydroxyl groups excluding tert-OH is 5. The van der Waals surface area contributed by atoms with E-state index in [0.29, 0.717) is 19.4 Å². The van der Waals surface area contributed by atoms with Gasteiger partial charge >= 0.3 is 5.97 Å². The van der Waals surface area contributed by atoms with Crippen molar-refractivity contribution in [1.29, 1.82) is 0 Å². The van der Waals surface area contributed by atoms with Crippen LogP contribution in [0, 0.1) is 0 Å². The number of rotatable bonds is 73. The quantitative estimate of drug-likeness (QED) is 0.0195. The largest absolute Gasteiger partial charge is 0.466 e. The van der Waals surface area contributed by atoms with E-state index in [1.54, 1.807) is 6.08 Å². The number of carbonyl (C=O) groups is 2. The molecule has 1 aliphatic rings. The molecule has 1 fully saturated rings. The molecular weight excluding hydrogens is 1160 g/mol. The predicted molar refractivity (Wildman–Crippen MR) is 394 cm³/mol. The van der Waals surface area contributed by atoms with Gasteiger partial charge in [-0.05, 0) is 64.2 Å². The van der Waals surface area contributed by atoms with Crippen LogP contribution in [0.3, 0.4) is 0 Å². The molecule has 0 aromatic rings. The molecule has 11 heteroatoms. The first-order valence-corrected chi connectivity index (χ1v) is 40.8. The highest BCUT2D eigenvalue weighted by Crippen LogP contribution is 2.24. The summed E-state index contributed by atoms with van der Waals surface area (Å²) in [5.41, 5.74) is 0. The molecule has 1 aliphatic heterocycles. The third-order valence-corrected chi connectivity index (χ3v) is 19.5. The highest BCUT2D eigenvalue weighted by atomic mass is 16.7. The molecule has 1 saturated heterocycles. The normalized spacial score (nSPS) is 17.6. The average molecular weight is 1320 g/mol. The van der Waals surface area contributed by atoms with E-state index < -0.39 is 49.5 Å². The van der Waals surface area contributed by atoms with E-state index in [-0.39, 0.29) is 18.5 Å². The van der Waals surface area contributed by atoms with Gasteiger partial charge in [0.25, 0.3) is 0 Å².